The number of rotatable bonds is 3. The summed E-state index contributed by atoms with van der Waals surface area (Å²) in [7, 11) is -3.94. The van der Waals surface area contributed by atoms with Gasteiger partial charge in [0.1, 0.15) is 0 Å². The molecule has 0 radical (unpaired) electrons. The van der Waals surface area contributed by atoms with Gasteiger partial charge >= 0.3 is 7.60 Å². The molecule has 5 nitrogen and oxygen atoms in total. The summed E-state index contributed by atoms with van der Waals surface area (Å²) in [5, 5.41) is 2.27. The van der Waals surface area contributed by atoms with Gasteiger partial charge in [0.05, 0.1) is 6.16 Å². The van der Waals surface area contributed by atoms with Crippen LogP contribution in [-0.2, 0) is 9.36 Å². The zero-order chi connectivity index (χ0) is 8.20. The molecule has 0 aliphatic rings. The highest BCUT2D eigenvalue weighted by Gasteiger charge is 2.11. The molecule has 0 aliphatic carbocycles. The maximum atomic E-state index is 10.2. The van der Waals surface area contributed by atoms with E-state index in [0.717, 1.165) is 0 Å². The van der Waals surface area contributed by atoms with Crippen LogP contribution in [0.2, 0.25) is 0 Å². The van der Waals surface area contributed by atoms with E-state index in [4.69, 9.17) is 9.79 Å². The highest BCUT2D eigenvalue weighted by Crippen LogP contribution is 2.32. The number of carbonyl (C=O) groups excluding carboxylic acids is 1. The molecule has 6 heteroatoms. The van der Waals surface area contributed by atoms with Crippen LogP contribution >= 0.6 is 7.60 Å². The van der Waals surface area contributed by atoms with E-state index in [9.17, 15) is 9.36 Å². The van der Waals surface area contributed by atoms with Gasteiger partial charge in [-0.1, -0.05) is 0 Å². The lowest BCUT2D eigenvalue weighted by Crippen LogP contribution is -2.23. The molecule has 0 saturated carbocycles. The molecule has 0 fully saturated rings. The van der Waals surface area contributed by atoms with E-state index in [1.807, 2.05) is 0 Å². The molecule has 3 N–H and O–H groups in total. The van der Waals surface area contributed by atoms with Crippen LogP contribution in [-0.4, -0.2) is 28.4 Å². The Balaban J connectivity index is 3.39. The fraction of sp³-hybridized carbons (Fsp3) is 0.750. The second-order valence-electron chi connectivity index (χ2n) is 1.87. The quantitative estimate of drug-likeness (QED) is 0.485. The van der Waals surface area contributed by atoms with Crippen molar-refractivity contribution in [2.75, 3.05) is 12.7 Å². The van der Waals surface area contributed by atoms with E-state index < -0.39 is 7.60 Å². The number of hydrogen-bond acceptors (Lipinski definition) is 2. The number of amides is 1. The van der Waals surface area contributed by atoms with Crippen molar-refractivity contribution in [2.24, 2.45) is 0 Å². The summed E-state index contributed by atoms with van der Waals surface area (Å²) in [5.74, 6) is -0.284. The van der Waals surface area contributed by atoms with Gasteiger partial charge in [0.25, 0.3) is 0 Å². The molecule has 0 saturated heterocycles. The van der Waals surface area contributed by atoms with Gasteiger partial charge in [-0.15, -0.1) is 0 Å². The maximum absolute atomic E-state index is 10.2. The van der Waals surface area contributed by atoms with Crippen molar-refractivity contribution < 1.29 is 19.1 Å². The predicted octanol–water partition coefficient (Wildman–Crippen LogP) is -0.700. The van der Waals surface area contributed by atoms with E-state index in [0.29, 0.717) is 0 Å². The van der Waals surface area contributed by atoms with Crippen molar-refractivity contribution >= 4 is 13.5 Å². The molecule has 0 aliphatic heterocycles. The lowest BCUT2D eigenvalue weighted by molar-refractivity contribution is -0.118. The molecule has 0 rings (SSSR count). The fourth-order valence-corrected chi connectivity index (χ4v) is 0.781. The third-order valence-corrected chi connectivity index (χ3v) is 1.58. The van der Waals surface area contributed by atoms with Crippen LogP contribution in [0, 0.1) is 0 Å². The van der Waals surface area contributed by atoms with Crippen LogP contribution in [0.5, 0.6) is 0 Å². The topological polar surface area (TPSA) is 86.6 Å². The van der Waals surface area contributed by atoms with Crippen molar-refractivity contribution in [3.63, 3.8) is 0 Å². The van der Waals surface area contributed by atoms with E-state index in [1.54, 1.807) is 0 Å². The molecule has 60 valence electrons. The molecular formula is C4H10NO4P. The first kappa shape index (κ1) is 9.62. The first-order valence-corrected chi connectivity index (χ1v) is 4.50. The van der Waals surface area contributed by atoms with Crippen molar-refractivity contribution in [1.82, 2.24) is 5.32 Å². The Hall–Kier alpha value is -0.380. The van der Waals surface area contributed by atoms with E-state index >= 15 is 0 Å². The van der Waals surface area contributed by atoms with Crippen LogP contribution in [0.3, 0.4) is 0 Å². The fourth-order valence-electron chi connectivity index (χ4n) is 0.378. The van der Waals surface area contributed by atoms with Gasteiger partial charge in [0.15, 0.2) is 0 Å². The standard InChI is InChI=1S/C4H10NO4P/c1-4(6)5-2-3-10(7,8)9/h2-3H2,1H3,(H,5,6)(H2,7,8,9). The second-order valence-corrected chi connectivity index (χ2v) is 3.65. The Morgan fingerprint density at radius 3 is 2.40 bits per heavy atom. The first-order valence-electron chi connectivity index (χ1n) is 2.71. The molecule has 0 aromatic heterocycles. The summed E-state index contributed by atoms with van der Waals surface area (Å²) in [6.45, 7) is 1.32. The largest absolute Gasteiger partial charge is 0.356 e. The molecule has 10 heavy (non-hydrogen) atoms. The van der Waals surface area contributed by atoms with Crippen molar-refractivity contribution in [3.05, 3.63) is 0 Å². The van der Waals surface area contributed by atoms with Crippen LogP contribution in [0.15, 0.2) is 0 Å². The summed E-state index contributed by atoms with van der Waals surface area (Å²) in [6, 6.07) is 0. The van der Waals surface area contributed by atoms with Gasteiger partial charge in [0.2, 0.25) is 5.91 Å². The summed E-state index contributed by atoms with van der Waals surface area (Å²) in [5.41, 5.74) is 0. The molecule has 1 amide bonds. The molecule has 0 bridgehead atoms. The molecule has 0 aromatic carbocycles. The van der Waals surface area contributed by atoms with Gasteiger partial charge in [-0.2, -0.15) is 0 Å². The third kappa shape index (κ3) is 7.62. The summed E-state index contributed by atoms with van der Waals surface area (Å²) in [4.78, 5) is 26.7. The van der Waals surface area contributed by atoms with E-state index in [2.05, 4.69) is 5.32 Å². The number of nitrogens with one attached hydrogen (secondary N) is 1. The number of hydrogen-bond donors (Lipinski definition) is 3. The van der Waals surface area contributed by atoms with Gasteiger partial charge in [-0.05, 0) is 0 Å². The zero-order valence-corrected chi connectivity index (χ0v) is 6.47. The van der Waals surface area contributed by atoms with E-state index in [-0.39, 0.29) is 18.6 Å². The van der Waals surface area contributed by atoms with Crippen LogP contribution < -0.4 is 5.32 Å². The average Bonchev–Trinajstić information content (AvgIpc) is 1.59. The maximum Gasteiger partial charge on any atom is 0.327 e. The van der Waals surface area contributed by atoms with E-state index in [1.165, 1.54) is 6.92 Å². The second kappa shape index (κ2) is 3.71. The zero-order valence-electron chi connectivity index (χ0n) is 5.57. The van der Waals surface area contributed by atoms with Gasteiger partial charge in [0, 0.05) is 13.5 Å². The van der Waals surface area contributed by atoms with Crippen molar-refractivity contribution in [2.45, 2.75) is 6.92 Å². The molecule has 0 heterocycles. The number of carbonyl (C=O) groups is 1. The Kier molecular flexibility index (Phi) is 3.57. The Morgan fingerprint density at radius 1 is 1.60 bits per heavy atom. The van der Waals surface area contributed by atoms with Crippen LogP contribution in [0.25, 0.3) is 0 Å². The normalized spacial score (nSPS) is 11.1. The molecule has 0 atom stereocenters. The van der Waals surface area contributed by atoms with Crippen LogP contribution in [0.4, 0.5) is 0 Å². The third-order valence-electron chi connectivity index (χ3n) is 0.777. The van der Waals surface area contributed by atoms with Gasteiger partial charge in [-0.3, -0.25) is 9.36 Å². The Labute approximate surface area is 58.6 Å². The molecule has 0 unspecified atom stereocenters. The Morgan fingerprint density at radius 2 is 2.10 bits per heavy atom. The summed E-state index contributed by atoms with van der Waals surface area (Å²) in [6.07, 6.45) is -0.299. The smallest absolute Gasteiger partial charge is 0.327 e. The lowest BCUT2D eigenvalue weighted by Gasteiger charge is -2.02. The van der Waals surface area contributed by atoms with Gasteiger partial charge < -0.3 is 15.1 Å². The lowest BCUT2D eigenvalue weighted by atomic mass is 10.6. The molecule has 0 aromatic rings. The highest BCUT2D eigenvalue weighted by molar-refractivity contribution is 7.51. The minimum atomic E-state index is -3.94. The molecule has 0 spiro atoms. The summed E-state index contributed by atoms with van der Waals surface area (Å²) < 4.78 is 10.2. The van der Waals surface area contributed by atoms with Crippen molar-refractivity contribution in [1.29, 1.82) is 0 Å². The van der Waals surface area contributed by atoms with Crippen LogP contribution in [0.1, 0.15) is 6.92 Å². The highest BCUT2D eigenvalue weighted by atomic mass is 31.2. The minimum absolute atomic E-state index is 0.0274. The minimum Gasteiger partial charge on any atom is -0.356 e. The first-order chi connectivity index (χ1) is 4.42. The SMILES string of the molecule is CC(=O)NCCP(=O)(O)O. The van der Waals surface area contributed by atoms with Crippen molar-refractivity contribution in [3.8, 4) is 0 Å². The predicted molar refractivity (Wildman–Crippen MR) is 35.6 cm³/mol. The monoisotopic (exact) mass is 167 g/mol. The van der Waals surface area contributed by atoms with Gasteiger partial charge in [-0.25, -0.2) is 0 Å². The Bertz CT molecular complexity index is 163. The average molecular weight is 167 g/mol. The summed E-state index contributed by atoms with van der Waals surface area (Å²) >= 11 is 0. The molecular weight excluding hydrogens is 157 g/mol.